The zero-order valence-corrected chi connectivity index (χ0v) is 12.0. The van der Waals surface area contributed by atoms with Gasteiger partial charge in [0, 0.05) is 12.1 Å². The Kier molecular flexibility index (Phi) is 4.98. The Bertz CT molecular complexity index is 800. The van der Waals surface area contributed by atoms with Crippen molar-refractivity contribution in [3.05, 3.63) is 75.8 Å². The number of hydrogen-bond acceptors (Lipinski definition) is 4. The van der Waals surface area contributed by atoms with Crippen LogP contribution in [0.25, 0.3) is 6.08 Å². The molecule has 2 aromatic rings. The highest BCUT2D eigenvalue weighted by Gasteiger charge is 2.34. The quantitative estimate of drug-likeness (QED) is 0.275. The second-order valence-corrected chi connectivity index (χ2v) is 4.56. The maximum absolute atomic E-state index is 12.8. The van der Waals surface area contributed by atoms with Crippen LogP contribution in [-0.4, -0.2) is 10.9 Å². The molecule has 0 aromatic heterocycles. The number of halogens is 3. The van der Waals surface area contributed by atoms with Crippen molar-refractivity contribution in [2.45, 2.75) is 6.18 Å². The smallest absolute Gasteiger partial charge is 0.419 e. The molecule has 0 unspecified atom stereocenters. The number of rotatable bonds is 4. The van der Waals surface area contributed by atoms with Gasteiger partial charge in [0.2, 0.25) is 0 Å². The van der Waals surface area contributed by atoms with Gasteiger partial charge in [0.15, 0.2) is 0 Å². The number of nitro benzene ring substituents is 1. The lowest BCUT2D eigenvalue weighted by Gasteiger charge is -2.11. The number of esters is 1. The van der Waals surface area contributed by atoms with Gasteiger partial charge in [0.1, 0.15) is 5.75 Å². The van der Waals surface area contributed by atoms with Crippen molar-refractivity contribution in [3.63, 3.8) is 0 Å². The molecule has 0 aliphatic rings. The lowest BCUT2D eigenvalue weighted by molar-refractivity contribution is -0.385. The van der Waals surface area contributed by atoms with Crippen LogP contribution in [0.4, 0.5) is 18.9 Å². The average molecular weight is 337 g/mol. The first kappa shape index (κ1) is 17.2. The largest absolute Gasteiger partial charge is 0.423 e. The van der Waals surface area contributed by atoms with Crippen molar-refractivity contribution in [3.8, 4) is 5.75 Å². The van der Waals surface area contributed by atoms with E-state index in [1.165, 1.54) is 36.4 Å². The fraction of sp³-hybridized carbons (Fsp3) is 0.0625. The Morgan fingerprint density at radius 3 is 2.38 bits per heavy atom. The highest BCUT2D eigenvalue weighted by atomic mass is 19.4. The number of nitro groups is 1. The van der Waals surface area contributed by atoms with E-state index < -0.39 is 28.4 Å². The standard InChI is InChI=1S/C16H10F3NO4/c17-16(18,19)12-6-2-4-8-14(12)24-15(21)10-9-11-5-1-3-7-13(11)20(22)23/h1-10H. The topological polar surface area (TPSA) is 69.4 Å². The molecule has 0 spiro atoms. The van der Waals surface area contributed by atoms with E-state index in [1.807, 2.05) is 0 Å². The summed E-state index contributed by atoms with van der Waals surface area (Å²) in [7, 11) is 0. The van der Waals surface area contributed by atoms with Gasteiger partial charge in [0.25, 0.3) is 5.69 Å². The minimum Gasteiger partial charge on any atom is -0.423 e. The highest BCUT2D eigenvalue weighted by Crippen LogP contribution is 2.36. The molecular weight excluding hydrogens is 327 g/mol. The maximum Gasteiger partial charge on any atom is 0.419 e. The van der Waals surface area contributed by atoms with Gasteiger partial charge in [-0.1, -0.05) is 24.3 Å². The Hall–Kier alpha value is -3.16. The Labute approximate surface area is 134 Å². The molecule has 0 N–H and O–H groups in total. The van der Waals surface area contributed by atoms with Gasteiger partial charge in [-0.25, -0.2) is 4.79 Å². The summed E-state index contributed by atoms with van der Waals surface area (Å²) in [4.78, 5) is 21.9. The van der Waals surface area contributed by atoms with E-state index >= 15 is 0 Å². The Balaban J connectivity index is 2.20. The number of para-hydroxylation sites is 2. The fourth-order valence-electron chi connectivity index (χ4n) is 1.88. The molecule has 0 radical (unpaired) electrons. The predicted molar refractivity (Wildman–Crippen MR) is 79.2 cm³/mol. The maximum atomic E-state index is 12.8. The number of carbonyl (C=O) groups is 1. The number of benzene rings is 2. The summed E-state index contributed by atoms with van der Waals surface area (Å²) >= 11 is 0. The first-order valence-electron chi connectivity index (χ1n) is 6.58. The third-order valence-corrected chi connectivity index (χ3v) is 2.94. The van der Waals surface area contributed by atoms with Gasteiger partial charge < -0.3 is 4.74 Å². The molecule has 0 saturated carbocycles. The summed E-state index contributed by atoms with van der Waals surface area (Å²) in [6, 6.07) is 9.88. The molecule has 0 aliphatic heterocycles. The number of nitrogens with zero attached hydrogens (tertiary/aromatic N) is 1. The molecule has 0 bridgehead atoms. The first-order chi connectivity index (χ1) is 11.3. The van der Waals surface area contributed by atoms with Crippen LogP contribution < -0.4 is 4.74 Å². The number of carbonyl (C=O) groups excluding carboxylic acids is 1. The zero-order chi connectivity index (χ0) is 17.7. The Morgan fingerprint density at radius 1 is 1.08 bits per heavy atom. The predicted octanol–water partition coefficient (Wildman–Crippen LogP) is 4.23. The van der Waals surface area contributed by atoms with Crippen LogP contribution in [0.5, 0.6) is 5.75 Å². The summed E-state index contributed by atoms with van der Waals surface area (Å²) < 4.78 is 43.1. The van der Waals surface area contributed by atoms with Gasteiger partial charge in [0.05, 0.1) is 16.1 Å². The summed E-state index contributed by atoms with van der Waals surface area (Å²) in [6.45, 7) is 0. The number of alkyl halides is 3. The molecule has 8 heteroatoms. The molecule has 0 atom stereocenters. The van der Waals surface area contributed by atoms with Crippen molar-refractivity contribution in [2.75, 3.05) is 0 Å². The van der Waals surface area contributed by atoms with Gasteiger partial charge in [-0.15, -0.1) is 0 Å². The van der Waals surface area contributed by atoms with Crippen LogP contribution in [0.1, 0.15) is 11.1 Å². The van der Waals surface area contributed by atoms with Crippen molar-refractivity contribution < 1.29 is 27.6 Å². The molecule has 2 aromatic carbocycles. The van der Waals surface area contributed by atoms with Gasteiger partial charge in [-0.05, 0) is 24.3 Å². The van der Waals surface area contributed by atoms with E-state index in [0.717, 1.165) is 24.3 Å². The van der Waals surface area contributed by atoms with Crippen LogP contribution in [-0.2, 0) is 11.0 Å². The van der Waals surface area contributed by atoms with Crippen molar-refractivity contribution in [1.82, 2.24) is 0 Å². The van der Waals surface area contributed by atoms with Crippen molar-refractivity contribution in [2.24, 2.45) is 0 Å². The third kappa shape index (κ3) is 4.19. The molecule has 24 heavy (non-hydrogen) atoms. The lowest BCUT2D eigenvalue weighted by atomic mass is 10.1. The summed E-state index contributed by atoms with van der Waals surface area (Å²) in [5.41, 5.74) is -1.20. The molecule has 0 saturated heterocycles. The minimum atomic E-state index is -4.67. The van der Waals surface area contributed by atoms with E-state index in [9.17, 15) is 28.1 Å². The van der Waals surface area contributed by atoms with E-state index in [0.29, 0.717) is 0 Å². The minimum absolute atomic E-state index is 0.128. The van der Waals surface area contributed by atoms with Crippen LogP contribution >= 0.6 is 0 Å². The summed E-state index contributed by atoms with van der Waals surface area (Å²) in [6.07, 6.45) is -2.73. The third-order valence-electron chi connectivity index (χ3n) is 2.94. The lowest BCUT2D eigenvalue weighted by Crippen LogP contribution is -2.11. The molecule has 0 fully saturated rings. The molecule has 124 valence electrons. The van der Waals surface area contributed by atoms with E-state index in [2.05, 4.69) is 4.74 Å². The SMILES string of the molecule is O=C(C=Cc1ccccc1[N+](=O)[O-])Oc1ccccc1C(F)(F)F. The molecule has 0 aliphatic carbocycles. The first-order valence-corrected chi connectivity index (χ1v) is 6.58. The molecule has 5 nitrogen and oxygen atoms in total. The Morgan fingerprint density at radius 2 is 1.71 bits per heavy atom. The second-order valence-electron chi connectivity index (χ2n) is 4.56. The number of hydrogen-bond donors (Lipinski definition) is 0. The summed E-state index contributed by atoms with van der Waals surface area (Å²) in [5, 5.41) is 10.8. The molecule has 2 rings (SSSR count). The molecule has 0 heterocycles. The number of ether oxygens (including phenoxy) is 1. The zero-order valence-electron chi connectivity index (χ0n) is 12.0. The molecular formula is C16H10F3NO4. The fourth-order valence-corrected chi connectivity index (χ4v) is 1.88. The average Bonchev–Trinajstić information content (AvgIpc) is 2.52. The summed E-state index contributed by atoms with van der Waals surface area (Å²) in [5.74, 6) is -1.72. The van der Waals surface area contributed by atoms with Gasteiger partial charge >= 0.3 is 12.1 Å². The normalized spacial score (nSPS) is 11.5. The van der Waals surface area contributed by atoms with Gasteiger partial charge in [-0.2, -0.15) is 13.2 Å². The van der Waals surface area contributed by atoms with E-state index in [4.69, 9.17) is 0 Å². The van der Waals surface area contributed by atoms with Crippen molar-refractivity contribution >= 4 is 17.7 Å². The van der Waals surface area contributed by atoms with Gasteiger partial charge in [-0.3, -0.25) is 10.1 Å². The molecule has 0 amide bonds. The van der Waals surface area contributed by atoms with Crippen LogP contribution in [0, 0.1) is 10.1 Å². The monoisotopic (exact) mass is 337 g/mol. The second kappa shape index (κ2) is 6.95. The van der Waals surface area contributed by atoms with Crippen molar-refractivity contribution in [1.29, 1.82) is 0 Å². The van der Waals surface area contributed by atoms with Crippen LogP contribution in [0.2, 0.25) is 0 Å². The van der Waals surface area contributed by atoms with Crippen LogP contribution in [0.15, 0.2) is 54.6 Å². The highest BCUT2D eigenvalue weighted by molar-refractivity contribution is 5.89. The van der Waals surface area contributed by atoms with E-state index in [1.54, 1.807) is 0 Å². The van der Waals surface area contributed by atoms with E-state index in [-0.39, 0.29) is 11.3 Å². The van der Waals surface area contributed by atoms with Crippen LogP contribution in [0.3, 0.4) is 0 Å².